The SMILES string of the molecule is CCCCCCc1ccc2c(c1)c1cc(CCCCCC)ccc1n2CCCc1cc2c3c(c4cccc5ccc(Br)c2c54)C(Br)(C(=O)O)C(C(=O)O)C(C(=O)O)=c3c1C(=O)O. The second-order valence-electron chi connectivity index (χ2n) is 16.8. The Balaban J connectivity index is 1.32. The molecule has 0 fully saturated rings. The van der Waals surface area contributed by atoms with Crippen LogP contribution in [0.25, 0.3) is 59.7 Å². The Morgan fingerprint density at radius 3 is 1.82 bits per heavy atom. The van der Waals surface area contributed by atoms with E-state index in [0.717, 1.165) is 42.1 Å². The van der Waals surface area contributed by atoms with E-state index in [1.807, 2.05) is 18.2 Å². The van der Waals surface area contributed by atoms with Crippen molar-refractivity contribution in [2.45, 2.75) is 102 Å². The molecule has 1 heterocycles. The third kappa shape index (κ3) is 7.24. The van der Waals surface area contributed by atoms with Gasteiger partial charge in [-0.05, 0) is 124 Å². The maximum Gasteiger partial charge on any atom is 0.336 e. The van der Waals surface area contributed by atoms with Crippen LogP contribution in [0.15, 0.2) is 77.3 Å². The summed E-state index contributed by atoms with van der Waals surface area (Å²) in [6, 6.07) is 24.2. The van der Waals surface area contributed by atoms with Gasteiger partial charge in [0.25, 0.3) is 0 Å². The van der Waals surface area contributed by atoms with Gasteiger partial charge in [0.15, 0.2) is 4.32 Å². The lowest BCUT2D eigenvalue weighted by atomic mass is 9.70. The molecule has 0 radical (unpaired) electrons. The van der Waals surface area contributed by atoms with Gasteiger partial charge >= 0.3 is 23.9 Å². The first-order chi connectivity index (χ1) is 29.8. The lowest BCUT2D eigenvalue weighted by Gasteiger charge is -2.37. The highest BCUT2D eigenvalue weighted by Gasteiger charge is 2.57. The molecule has 0 spiro atoms. The fourth-order valence-electron chi connectivity index (χ4n) is 10.2. The normalized spacial score (nSPS) is 16.3. The minimum absolute atomic E-state index is 0.0115. The first-order valence-corrected chi connectivity index (χ1v) is 23.2. The molecule has 0 amide bonds. The predicted octanol–water partition coefficient (Wildman–Crippen LogP) is 11.9. The van der Waals surface area contributed by atoms with Crippen LogP contribution in [-0.4, -0.2) is 48.9 Å². The van der Waals surface area contributed by atoms with Crippen molar-refractivity contribution in [1.82, 2.24) is 4.57 Å². The van der Waals surface area contributed by atoms with Crippen LogP contribution >= 0.6 is 31.9 Å². The first kappa shape index (κ1) is 43.4. The van der Waals surface area contributed by atoms with Crippen LogP contribution in [0.2, 0.25) is 0 Å². The Morgan fingerprint density at radius 1 is 0.645 bits per heavy atom. The molecule has 0 saturated heterocycles. The smallest absolute Gasteiger partial charge is 0.336 e. The van der Waals surface area contributed by atoms with Crippen LogP contribution in [0.4, 0.5) is 0 Å². The number of unbranched alkanes of at least 4 members (excludes halogenated alkanes) is 6. The molecule has 9 nitrogen and oxygen atoms in total. The monoisotopic (exact) mass is 961 g/mol. The zero-order valence-corrected chi connectivity index (χ0v) is 38.0. The summed E-state index contributed by atoms with van der Waals surface area (Å²) in [4.78, 5) is 53.6. The Hall–Kier alpha value is -5.26. The highest BCUT2D eigenvalue weighted by atomic mass is 79.9. The number of hydrogen-bond acceptors (Lipinski definition) is 4. The van der Waals surface area contributed by atoms with Crippen LogP contribution in [-0.2, 0) is 44.5 Å². The molecule has 7 aromatic rings. The summed E-state index contributed by atoms with van der Waals surface area (Å²) in [5, 5.41) is 48.6. The largest absolute Gasteiger partial charge is 0.481 e. The molecule has 6 aromatic carbocycles. The van der Waals surface area contributed by atoms with Crippen molar-refractivity contribution in [2.24, 2.45) is 5.92 Å². The van der Waals surface area contributed by atoms with Gasteiger partial charge in [0.2, 0.25) is 0 Å². The zero-order chi connectivity index (χ0) is 44.0. The summed E-state index contributed by atoms with van der Waals surface area (Å²) < 4.78 is 0.470. The average Bonchev–Trinajstić information content (AvgIpc) is 3.54. The van der Waals surface area contributed by atoms with E-state index in [9.17, 15) is 39.6 Å². The van der Waals surface area contributed by atoms with Gasteiger partial charge in [-0.3, -0.25) is 9.59 Å². The average molecular weight is 964 g/mol. The number of aromatic nitrogens is 1. The van der Waals surface area contributed by atoms with Crippen LogP contribution in [0.1, 0.15) is 104 Å². The van der Waals surface area contributed by atoms with Crippen molar-refractivity contribution in [3.05, 3.63) is 110 Å². The predicted molar refractivity (Wildman–Crippen MR) is 253 cm³/mol. The van der Waals surface area contributed by atoms with Crippen molar-refractivity contribution in [3.8, 4) is 0 Å². The molecule has 0 saturated carbocycles. The van der Waals surface area contributed by atoms with Gasteiger partial charge in [-0.15, -0.1) is 0 Å². The van der Waals surface area contributed by atoms with Gasteiger partial charge in [-0.1, -0.05) is 121 Å². The van der Waals surface area contributed by atoms with Gasteiger partial charge in [0.05, 0.1) is 11.1 Å². The quantitative estimate of drug-likeness (QED) is 0.0287. The molecular weight excluding hydrogens is 914 g/mol. The molecule has 2 unspecified atom stereocenters. The molecular formula is C51H49Br2NO8. The number of carboxylic acids is 4. The number of alkyl halides is 1. The molecule has 11 heteroatoms. The number of aryl methyl sites for hydroxylation is 4. The van der Waals surface area contributed by atoms with Gasteiger partial charge in [-0.25, -0.2) is 9.59 Å². The van der Waals surface area contributed by atoms with Crippen molar-refractivity contribution < 1.29 is 39.6 Å². The third-order valence-electron chi connectivity index (χ3n) is 13.0. The molecule has 4 N–H and O–H groups in total. The highest BCUT2D eigenvalue weighted by Crippen LogP contribution is 2.53. The lowest BCUT2D eigenvalue weighted by Crippen LogP contribution is -2.49. The number of nitrogens with zero attached hydrogens (tertiary/aromatic N) is 1. The van der Waals surface area contributed by atoms with Gasteiger partial charge in [0, 0.05) is 43.4 Å². The zero-order valence-electron chi connectivity index (χ0n) is 34.8. The summed E-state index contributed by atoms with van der Waals surface area (Å²) in [6.45, 7) is 4.95. The van der Waals surface area contributed by atoms with E-state index >= 15 is 0 Å². The van der Waals surface area contributed by atoms with E-state index < -0.39 is 39.7 Å². The Bertz CT molecular complexity index is 2970. The minimum Gasteiger partial charge on any atom is -0.481 e. The third-order valence-corrected chi connectivity index (χ3v) is 14.8. The number of rotatable bonds is 18. The molecule has 1 aromatic heterocycles. The number of carboxylic acid groups (broad SMARTS) is 4. The molecule has 1 aliphatic rings. The summed E-state index contributed by atoms with van der Waals surface area (Å²) in [5.41, 5.74) is 3.98. The maximum absolute atomic E-state index is 13.6. The summed E-state index contributed by atoms with van der Waals surface area (Å²) in [6.07, 6.45) is 12.1. The van der Waals surface area contributed by atoms with Gasteiger partial charge in [0.1, 0.15) is 5.92 Å². The summed E-state index contributed by atoms with van der Waals surface area (Å²) >= 11 is 7.01. The summed E-state index contributed by atoms with van der Waals surface area (Å²) in [7, 11) is 0. The topological polar surface area (TPSA) is 154 Å². The Morgan fingerprint density at radius 2 is 1.27 bits per heavy atom. The van der Waals surface area contributed by atoms with Crippen LogP contribution in [0, 0.1) is 5.92 Å². The van der Waals surface area contributed by atoms with E-state index in [0.29, 0.717) is 44.5 Å². The van der Waals surface area contributed by atoms with E-state index in [4.69, 9.17) is 0 Å². The fourth-order valence-corrected chi connectivity index (χ4v) is 11.6. The van der Waals surface area contributed by atoms with Gasteiger partial charge < -0.3 is 25.0 Å². The van der Waals surface area contributed by atoms with Crippen molar-refractivity contribution in [1.29, 1.82) is 0 Å². The number of hydrogen-bond donors (Lipinski definition) is 4. The van der Waals surface area contributed by atoms with Crippen LogP contribution in [0.5, 0.6) is 0 Å². The Kier molecular flexibility index (Phi) is 12.2. The molecule has 320 valence electrons. The van der Waals surface area contributed by atoms with E-state index in [-0.39, 0.29) is 28.2 Å². The number of fused-ring (bicyclic) bond motifs is 5. The second kappa shape index (κ2) is 17.5. The van der Waals surface area contributed by atoms with Crippen molar-refractivity contribution >= 4 is 115 Å². The molecule has 62 heavy (non-hydrogen) atoms. The highest BCUT2D eigenvalue weighted by molar-refractivity contribution is 9.10. The number of aromatic carboxylic acids is 1. The van der Waals surface area contributed by atoms with Crippen LogP contribution in [0.3, 0.4) is 0 Å². The molecule has 2 atom stereocenters. The standard InChI is InChI=1S/C51H49Br2NO8/c1-3-5-7-9-13-28-18-22-37-33(25-28)34-26-29(14-10-8-6-4-2)19-23-38(34)54(37)24-12-16-31-27-35-41-36(52)21-20-30-15-11-17-32(39(30)41)45-42(35)43(40(31)47(55)56)44(48(57)58)46(49(59)60)51(45,53)50(61)62/h11,15,17-23,25-27,46H,3-10,12-14,16,24H2,1-2H3,(H,55,56)(H,57,58)(H,59,60)(H,61,62). The summed E-state index contributed by atoms with van der Waals surface area (Å²) in [5.74, 6) is -8.64. The van der Waals surface area contributed by atoms with E-state index in [1.54, 1.807) is 18.2 Å². The lowest BCUT2D eigenvalue weighted by molar-refractivity contribution is -0.150. The van der Waals surface area contributed by atoms with Crippen molar-refractivity contribution in [3.63, 3.8) is 0 Å². The second-order valence-corrected chi connectivity index (χ2v) is 18.9. The molecule has 1 aliphatic carbocycles. The number of halogens is 2. The van der Waals surface area contributed by atoms with E-state index in [2.05, 4.69) is 86.7 Å². The molecule has 8 rings (SSSR count). The van der Waals surface area contributed by atoms with Crippen LogP contribution < -0.4 is 5.22 Å². The number of aliphatic carboxylic acids is 3. The maximum atomic E-state index is 13.6. The fraction of sp³-hybridized carbons (Fsp3) is 0.333. The first-order valence-electron chi connectivity index (χ1n) is 21.7. The minimum atomic E-state index is -2.46. The van der Waals surface area contributed by atoms with Gasteiger partial charge in [-0.2, -0.15) is 0 Å². The number of carbonyl (C=O) groups is 4. The Labute approximate surface area is 375 Å². The molecule has 0 aliphatic heterocycles. The van der Waals surface area contributed by atoms with E-state index in [1.165, 1.54) is 60.4 Å². The number of benzene rings is 6. The van der Waals surface area contributed by atoms with Crippen molar-refractivity contribution in [2.75, 3.05) is 0 Å². The molecule has 0 bridgehead atoms.